The first-order valence-corrected chi connectivity index (χ1v) is 9.02. The summed E-state index contributed by atoms with van der Waals surface area (Å²) < 4.78 is 21.7. The molecule has 0 unspecified atom stereocenters. The van der Waals surface area contributed by atoms with Crippen molar-refractivity contribution in [3.63, 3.8) is 0 Å². The van der Waals surface area contributed by atoms with Crippen molar-refractivity contribution in [3.8, 4) is 23.0 Å². The van der Waals surface area contributed by atoms with Crippen LogP contribution in [0.3, 0.4) is 0 Å². The van der Waals surface area contributed by atoms with E-state index in [4.69, 9.17) is 18.9 Å². The molecule has 144 valence electrons. The first-order chi connectivity index (χ1) is 13.2. The molecule has 7 nitrogen and oxygen atoms in total. The summed E-state index contributed by atoms with van der Waals surface area (Å²) in [4.78, 5) is 12.1. The second-order valence-electron chi connectivity index (χ2n) is 5.85. The Hall–Kier alpha value is -3.09. The largest absolute Gasteiger partial charge is 0.490 e. The van der Waals surface area contributed by atoms with Gasteiger partial charge in [-0.15, -0.1) is 0 Å². The topological polar surface area (TPSA) is 78.1 Å². The summed E-state index contributed by atoms with van der Waals surface area (Å²) in [7, 11) is 0. The number of ether oxygens (including phenoxy) is 4. The molecule has 1 heterocycles. The Morgan fingerprint density at radius 1 is 1.00 bits per heavy atom. The zero-order chi connectivity index (χ0) is 19.1. The van der Waals surface area contributed by atoms with E-state index in [1.54, 1.807) is 18.2 Å². The number of carbonyl (C=O) groups is 1. The Balaban J connectivity index is 1.50. The van der Waals surface area contributed by atoms with E-state index in [0.717, 1.165) is 17.1 Å². The lowest BCUT2D eigenvalue weighted by molar-refractivity contribution is 0.174. The molecule has 2 aromatic rings. The van der Waals surface area contributed by atoms with Crippen LogP contribution in [0, 0.1) is 0 Å². The highest BCUT2D eigenvalue weighted by Crippen LogP contribution is 2.34. The van der Waals surface area contributed by atoms with Gasteiger partial charge in [-0.05, 0) is 50.1 Å². The number of hydrogen-bond acceptors (Lipinski definition) is 5. The zero-order valence-electron chi connectivity index (χ0n) is 15.5. The van der Waals surface area contributed by atoms with Gasteiger partial charge in [-0.1, -0.05) is 6.07 Å². The first kappa shape index (κ1) is 18.7. The van der Waals surface area contributed by atoms with Crippen LogP contribution in [0.1, 0.15) is 19.4 Å². The molecule has 2 N–H and O–H groups in total. The van der Waals surface area contributed by atoms with Crippen LogP contribution in [0.5, 0.6) is 23.0 Å². The van der Waals surface area contributed by atoms with E-state index >= 15 is 0 Å². The van der Waals surface area contributed by atoms with Crippen molar-refractivity contribution in [2.45, 2.75) is 20.3 Å². The normalized spacial score (nSPS) is 11.8. The van der Waals surface area contributed by atoms with Gasteiger partial charge in [-0.3, -0.25) is 0 Å². The van der Waals surface area contributed by atoms with Crippen LogP contribution in [-0.2, 0) is 6.42 Å². The molecule has 3 rings (SSSR count). The number of rotatable bonds is 8. The van der Waals surface area contributed by atoms with Gasteiger partial charge in [0.2, 0.25) is 6.79 Å². The Morgan fingerprint density at radius 3 is 2.59 bits per heavy atom. The Morgan fingerprint density at radius 2 is 1.78 bits per heavy atom. The highest BCUT2D eigenvalue weighted by Gasteiger charge is 2.14. The van der Waals surface area contributed by atoms with E-state index in [9.17, 15) is 4.79 Å². The van der Waals surface area contributed by atoms with Gasteiger partial charge in [0, 0.05) is 18.3 Å². The molecular formula is C20H24N2O5. The average Bonchev–Trinajstić information content (AvgIpc) is 3.12. The van der Waals surface area contributed by atoms with Gasteiger partial charge in [0.1, 0.15) is 0 Å². The molecule has 0 saturated heterocycles. The van der Waals surface area contributed by atoms with Gasteiger partial charge in [0.15, 0.2) is 23.0 Å². The van der Waals surface area contributed by atoms with Crippen molar-refractivity contribution in [1.82, 2.24) is 5.32 Å². The number of anilines is 1. The van der Waals surface area contributed by atoms with E-state index in [2.05, 4.69) is 10.6 Å². The number of fused-ring (bicyclic) bond motifs is 1. The number of carbonyl (C=O) groups excluding carboxylic acids is 1. The maximum atomic E-state index is 12.1. The van der Waals surface area contributed by atoms with Crippen LogP contribution in [-0.4, -0.2) is 32.6 Å². The highest BCUT2D eigenvalue weighted by molar-refractivity contribution is 5.89. The Labute approximate surface area is 158 Å². The lowest BCUT2D eigenvalue weighted by Crippen LogP contribution is -2.30. The van der Waals surface area contributed by atoms with Crippen LogP contribution in [0.4, 0.5) is 10.5 Å². The van der Waals surface area contributed by atoms with Crippen molar-refractivity contribution >= 4 is 11.7 Å². The molecule has 0 atom stereocenters. The summed E-state index contributed by atoms with van der Waals surface area (Å²) in [5, 5.41) is 5.63. The van der Waals surface area contributed by atoms with Crippen LogP contribution >= 0.6 is 0 Å². The smallest absolute Gasteiger partial charge is 0.319 e. The number of benzene rings is 2. The third kappa shape index (κ3) is 4.97. The van der Waals surface area contributed by atoms with E-state index < -0.39 is 0 Å². The first-order valence-electron chi connectivity index (χ1n) is 9.02. The lowest BCUT2D eigenvalue weighted by Gasteiger charge is -2.13. The van der Waals surface area contributed by atoms with Crippen LogP contribution < -0.4 is 29.6 Å². The fourth-order valence-corrected chi connectivity index (χ4v) is 2.72. The van der Waals surface area contributed by atoms with Gasteiger partial charge < -0.3 is 29.6 Å². The Kier molecular flexibility index (Phi) is 6.25. The minimum absolute atomic E-state index is 0.205. The molecule has 2 aromatic carbocycles. The van der Waals surface area contributed by atoms with Crippen molar-refractivity contribution in [1.29, 1.82) is 0 Å². The fraction of sp³-hybridized carbons (Fsp3) is 0.350. The van der Waals surface area contributed by atoms with Crippen LogP contribution in [0.2, 0.25) is 0 Å². The summed E-state index contributed by atoms with van der Waals surface area (Å²) in [6.45, 7) is 5.73. The van der Waals surface area contributed by atoms with Crippen LogP contribution in [0.15, 0.2) is 36.4 Å². The van der Waals surface area contributed by atoms with Gasteiger partial charge in [0.05, 0.1) is 13.2 Å². The number of nitrogens with one attached hydrogen (secondary N) is 2. The summed E-state index contributed by atoms with van der Waals surface area (Å²) in [5.41, 5.74) is 1.71. The third-order valence-corrected chi connectivity index (χ3v) is 3.94. The molecule has 0 fully saturated rings. The molecule has 0 radical (unpaired) electrons. The molecular weight excluding hydrogens is 348 g/mol. The van der Waals surface area contributed by atoms with Gasteiger partial charge in [-0.2, -0.15) is 0 Å². The van der Waals surface area contributed by atoms with E-state index in [-0.39, 0.29) is 12.8 Å². The molecule has 0 aliphatic carbocycles. The zero-order valence-corrected chi connectivity index (χ0v) is 15.5. The third-order valence-electron chi connectivity index (χ3n) is 3.94. The molecule has 0 spiro atoms. The maximum absolute atomic E-state index is 12.1. The minimum atomic E-state index is -0.273. The predicted octanol–water partition coefficient (Wildman–Crippen LogP) is 3.58. The molecule has 1 aliphatic rings. The van der Waals surface area contributed by atoms with Gasteiger partial charge in [-0.25, -0.2) is 4.79 Å². The van der Waals surface area contributed by atoms with E-state index in [1.165, 1.54) is 0 Å². The van der Waals surface area contributed by atoms with E-state index in [0.29, 0.717) is 43.4 Å². The average molecular weight is 372 g/mol. The summed E-state index contributed by atoms with van der Waals surface area (Å²) in [6.07, 6.45) is 0.682. The Bertz CT molecular complexity index is 794. The summed E-state index contributed by atoms with van der Waals surface area (Å²) in [5.74, 6) is 2.77. The molecule has 27 heavy (non-hydrogen) atoms. The van der Waals surface area contributed by atoms with E-state index in [1.807, 2.05) is 32.0 Å². The van der Waals surface area contributed by atoms with Gasteiger partial charge >= 0.3 is 6.03 Å². The molecule has 1 aliphatic heterocycles. The molecule has 0 aromatic heterocycles. The number of amides is 2. The number of hydrogen-bond donors (Lipinski definition) is 2. The molecule has 0 bridgehead atoms. The fourth-order valence-electron chi connectivity index (χ4n) is 2.72. The minimum Gasteiger partial charge on any atom is -0.490 e. The highest BCUT2D eigenvalue weighted by atomic mass is 16.7. The second kappa shape index (κ2) is 9.02. The van der Waals surface area contributed by atoms with Crippen LogP contribution in [0.25, 0.3) is 0 Å². The molecule has 0 saturated carbocycles. The van der Waals surface area contributed by atoms with Crippen molar-refractivity contribution in [2.75, 3.05) is 31.9 Å². The summed E-state index contributed by atoms with van der Waals surface area (Å²) >= 11 is 0. The SMILES string of the molecule is CCOc1ccc(CCNC(=O)Nc2ccc3c(c2)OCO3)cc1OCC. The number of urea groups is 1. The predicted molar refractivity (Wildman–Crippen MR) is 102 cm³/mol. The standard InChI is InChI=1S/C20H24N2O5/c1-3-24-16-7-5-14(11-18(16)25-4-2)9-10-21-20(23)22-15-6-8-17-19(12-15)27-13-26-17/h5-8,11-12H,3-4,9-10,13H2,1-2H3,(H2,21,22,23). The maximum Gasteiger partial charge on any atom is 0.319 e. The van der Waals surface area contributed by atoms with Crippen molar-refractivity contribution in [2.24, 2.45) is 0 Å². The van der Waals surface area contributed by atoms with Gasteiger partial charge in [0.25, 0.3) is 0 Å². The van der Waals surface area contributed by atoms with Crippen molar-refractivity contribution < 1.29 is 23.7 Å². The van der Waals surface area contributed by atoms with Crippen molar-refractivity contribution in [3.05, 3.63) is 42.0 Å². The lowest BCUT2D eigenvalue weighted by atomic mass is 10.1. The quantitative estimate of drug-likeness (QED) is 0.741. The molecule has 2 amide bonds. The molecule has 7 heteroatoms. The summed E-state index contributed by atoms with van der Waals surface area (Å²) in [6, 6.07) is 10.8. The second-order valence-corrected chi connectivity index (χ2v) is 5.85. The monoisotopic (exact) mass is 372 g/mol.